The quantitative estimate of drug-likeness (QED) is 0.799. The van der Waals surface area contributed by atoms with E-state index in [-0.39, 0.29) is 0 Å². The zero-order valence-electron chi connectivity index (χ0n) is 10.4. The van der Waals surface area contributed by atoms with Gasteiger partial charge in [0, 0.05) is 23.7 Å². The Bertz CT molecular complexity index is 805. The maximum atomic E-state index is 11.2. The lowest BCUT2D eigenvalue weighted by atomic mass is 10.2. The van der Waals surface area contributed by atoms with Gasteiger partial charge in [0.25, 0.3) is 5.95 Å². The molecule has 1 saturated carbocycles. The largest absolute Gasteiger partial charge is 0.477 e. The minimum absolute atomic E-state index is 0.323. The van der Waals surface area contributed by atoms with Crippen LogP contribution in [0.2, 0.25) is 0 Å². The first kappa shape index (κ1) is 11.5. The van der Waals surface area contributed by atoms with Crippen molar-refractivity contribution in [1.82, 2.24) is 19.7 Å². The van der Waals surface area contributed by atoms with Crippen molar-refractivity contribution in [2.24, 2.45) is 0 Å². The summed E-state index contributed by atoms with van der Waals surface area (Å²) in [6.45, 7) is 0. The number of hydrogen-bond acceptors (Lipinski definition) is 5. The predicted molar refractivity (Wildman–Crippen MR) is 73.5 cm³/mol. The molecule has 0 aromatic carbocycles. The highest BCUT2D eigenvalue weighted by Gasteiger charge is 2.31. The lowest BCUT2D eigenvalue weighted by Crippen LogP contribution is -2.01. The van der Waals surface area contributed by atoms with E-state index >= 15 is 0 Å². The maximum absolute atomic E-state index is 11.2. The monoisotopic (exact) mass is 286 g/mol. The molecule has 1 N–H and O–H groups in total. The SMILES string of the molecule is O=C(O)c1cc2c(C3CC3)nn(-c3ncccn3)c2s1. The molecule has 4 rings (SSSR count). The second kappa shape index (κ2) is 4.11. The number of rotatable bonds is 3. The number of carboxylic acid groups (broad SMARTS) is 1. The number of carboxylic acids is 1. The van der Waals surface area contributed by atoms with E-state index in [1.54, 1.807) is 29.2 Å². The van der Waals surface area contributed by atoms with Crippen LogP contribution >= 0.6 is 11.3 Å². The molecule has 20 heavy (non-hydrogen) atoms. The zero-order valence-corrected chi connectivity index (χ0v) is 11.2. The molecule has 0 atom stereocenters. The minimum atomic E-state index is -0.909. The topological polar surface area (TPSA) is 80.9 Å². The van der Waals surface area contributed by atoms with Crippen molar-refractivity contribution in [3.63, 3.8) is 0 Å². The zero-order chi connectivity index (χ0) is 13.7. The first-order chi connectivity index (χ1) is 9.74. The molecule has 0 unspecified atom stereocenters. The van der Waals surface area contributed by atoms with Crippen molar-refractivity contribution >= 4 is 27.5 Å². The molecule has 0 radical (unpaired) electrons. The van der Waals surface area contributed by atoms with Crippen LogP contribution in [-0.2, 0) is 0 Å². The molecule has 0 spiro atoms. The molecule has 6 nitrogen and oxygen atoms in total. The van der Waals surface area contributed by atoms with E-state index in [2.05, 4.69) is 15.1 Å². The Morgan fingerprint density at radius 1 is 1.35 bits per heavy atom. The van der Waals surface area contributed by atoms with Crippen molar-refractivity contribution in [1.29, 1.82) is 0 Å². The molecule has 0 bridgehead atoms. The van der Waals surface area contributed by atoms with Crippen LogP contribution in [0.1, 0.15) is 34.1 Å². The van der Waals surface area contributed by atoms with Crippen molar-refractivity contribution in [2.75, 3.05) is 0 Å². The van der Waals surface area contributed by atoms with Crippen molar-refractivity contribution in [3.8, 4) is 5.95 Å². The number of thiophene rings is 1. The lowest BCUT2D eigenvalue weighted by Gasteiger charge is -1.98. The summed E-state index contributed by atoms with van der Waals surface area (Å²) in [5, 5.41) is 14.7. The Balaban J connectivity index is 1.98. The van der Waals surface area contributed by atoms with Gasteiger partial charge in [-0.05, 0) is 25.0 Å². The van der Waals surface area contributed by atoms with Gasteiger partial charge < -0.3 is 5.11 Å². The van der Waals surface area contributed by atoms with Gasteiger partial charge in [0.05, 0.1) is 5.69 Å². The summed E-state index contributed by atoms with van der Waals surface area (Å²) in [5.74, 6) is 0.00960. The Morgan fingerprint density at radius 3 is 2.75 bits per heavy atom. The molecule has 0 saturated heterocycles. The first-order valence-corrected chi connectivity index (χ1v) is 7.09. The Morgan fingerprint density at radius 2 is 2.10 bits per heavy atom. The number of aromatic nitrogens is 4. The fourth-order valence-corrected chi connectivity index (χ4v) is 3.18. The Hall–Kier alpha value is -2.28. The van der Waals surface area contributed by atoms with Gasteiger partial charge in [-0.1, -0.05) is 0 Å². The molecule has 100 valence electrons. The summed E-state index contributed by atoms with van der Waals surface area (Å²) in [6, 6.07) is 3.45. The van der Waals surface area contributed by atoms with E-state index in [9.17, 15) is 4.79 Å². The fourth-order valence-electron chi connectivity index (χ4n) is 2.23. The average Bonchev–Trinajstić information content (AvgIpc) is 3.09. The third-order valence-electron chi connectivity index (χ3n) is 3.30. The number of carbonyl (C=O) groups is 1. The van der Waals surface area contributed by atoms with Gasteiger partial charge in [0.2, 0.25) is 0 Å². The van der Waals surface area contributed by atoms with Gasteiger partial charge in [-0.3, -0.25) is 0 Å². The third-order valence-corrected chi connectivity index (χ3v) is 4.40. The average molecular weight is 286 g/mol. The minimum Gasteiger partial charge on any atom is -0.477 e. The molecule has 7 heteroatoms. The second-order valence-corrected chi connectivity index (χ2v) is 5.79. The van der Waals surface area contributed by atoms with Crippen LogP contribution in [-0.4, -0.2) is 30.8 Å². The number of fused-ring (bicyclic) bond motifs is 1. The molecule has 3 aromatic rings. The number of aromatic carboxylic acids is 1. The molecule has 3 heterocycles. The first-order valence-electron chi connectivity index (χ1n) is 6.27. The molecule has 0 aliphatic heterocycles. The Labute approximate surface area is 117 Å². The Kier molecular flexibility index (Phi) is 2.37. The van der Waals surface area contributed by atoms with Crippen LogP contribution in [0.25, 0.3) is 16.2 Å². The van der Waals surface area contributed by atoms with E-state index < -0.39 is 5.97 Å². The van der Waals surface area contributed by atoms with Gasteiger partial charge in [0.15, 0.2) is 0 Å². The van der Waals surface area contributed by atoms with Gasteiger partial charge in [-0.25, -0.2) is 14.8 Å². The molecule has 0 amide bonds. The second-order valence-electron chi connectivity index (χ2n) is 4.75. The van der Waals surface area contributed by atoms with Crippen molar-refractivity contribution in [2.45, 2.75) is 18.8 Å². The van der Waals surface area contributed by atoms with Gasteiger partial charge in [-0.15, -0.1) is 11.3 Å². The predicted octanol–water partition coefficient (Wildman–Crippen LogP) is 2.45. The molecule has 1 aliphatic rings. The normalized spacial score (nSPS) is 14.8. The van der Waals surface area contributed by atoms with E-state index in [0.29, 0.717) is 16.7 Å². The smallest absolute Gasteiger partial charge is 0.345 e. The van der Waals surface area contributed by atoms with E-state index in [4.69, 9.17) is 5.11 Å². The van der Waals surface area contributed by atoms with E-state index in [1.807, 2.05) is 0 Å². The summed E-state index contributed by atoms with van der Waals surface area (Å²) in [7, 11) is 0. The molecular formula is C13H10N4O2S. The van der Waals surface area contributed by atoms with Crippen LogP contribution in [0, 0.1) is 0 Å². The van der Waals surface area contributed by atoms with Gasteiger partial charge >= 0.3 is 5.97 Å². The van der Waals surface area contributed by atoms with E-state index in [0.717, 1.165) is 28.8 Å². The van der Waals surface area contributed by atoms with Crippen LogP contribution in [0.3, 0.4) is 0 Å². The van der Waals surface area contributed by atoms with Gasteiger partial charge in [0.1, 0.15) is 9.71 Å². The van der Waals surface area contributed by atoms with Crippen LogP contribution in [0.5, 0.6) is 0 Å². The maximum Gasteiger partial charge on any atom is 0.345 e. The molecular weight excluding hydrogens is 276 g/mol. The summed E-state index contributed by atoms with van der Waals surface area (Å²) >= 11 is 1.21. The molecule has 1 aliphatic carbocycles. The third kappa shape index (κ3) is 1.70. The van der Waals surface area contributed by atoms with Crippen LogP contribution in [0.15, 0.2) is 24.5 Å². The summed E-state index contributed by atoms with van der Waals surface area (Å²) in [6.07, 6.45) is 5.52. The highest BCUT2D eigenvalue weighted by atomic mass is 32.1. The van der Waals surface area contributed by atoms with Crippen molar-refractivity contribution < 1.29 is 9.90 Å². The molecule has 1 fully saturated rings. The number of hydrogen-bond donors (Lipinski definition) is 1. The number of nitrogens with zero attached hydrogens (tertiary/aromatic N) is 4. The highest BCUT2D eigenvalue weighted by Crippen LogP contribution is 2.44. The van der Waals surface area contributed by atoms with E-state index in [1.165, 1.54) is 11.3 Å². The van der Waals surface area contributed by atoms with Gasteiger partial charge in [-0.2, -0.15) is 9.78 Å². The van der Waals surface area contributed by atoms with Crippen molar-refractivity contribution in [3.05, 3.63) is 35.1 Å². The highest BCUT2D eigenvalue weighted by molar-refractivity contribution is 7.20. The summed E-state index contributed by atoms with van der Waals surface area (Å²) < 4.78 is 1.65. The van der Waals surface area contributed by atoms with Crippen LogP contribution in [0.4, 0.5) is 0 Å². The fraction of sp³-hybridized carbons (Fsp3) is 0.231. The summed E-state index contributed by atoms with van der Waals surface area (Å²) in [5.41, 5.74) is 0.969. The summed E-state index contributed by atoms with van der Waals surface area (Å²) in [4.78, 5) is 20.7. The van der Waals surface area contributed by atoms with Crippen LogP contribution < -0.4 is 0 Å². The standard InChI is InChI=1S/C13H10N4O2S/c18-12(19)9-6-8-10(7-2-3-7)16-17(11(8)20-9)13-14-4-1-5-15-13/h1,4-7H,2-3H2,(H,18,19). The lowest BCUT2D eigenvalue weighted by molar-refractivity contribution is 0.0702. The molecule has 3 aromatic heterocycles.